The summed E-state index contributed by atoms with van der Waals surface area (Å²) in [7, 11) is 0. The van der Waals surface area contributed by atoms with Crippen molar-refractivity contribution in [3.05, 3.63) is 10.8 Å². The fourth-order valence-electron chi connectivity index (χ4n) is 0.626. The van der Waals surface area contributed by atoms with E-state index in [2.05, 4.69) is 41.3 Å². The molecule has 0 unspecified atom stereocenters. The van der Waals surface area contributed by atoms with E-state index in [9.17, 15) is 0 Å². The molecule has 0 atom stereocenters. The summed E-state index contributed by atoms with van der Waals surface area (Å²) in [5.41, 5.74) is 1.05. The van der Waals surface area contributed by atoms with Crippen molar-refractivity contribution in [1.29, 1.82) is 0 Å². The predicted molar refractivity (Wildman–Crippen MR) is 37.2 cm³/mol. The summed E-state index contributed by atoms with van der Waals surface area (Å²) in [6.07, 6.45) is 1.57. The van der Waals surface area contributed by atoms with Gasteiger partial charge in [0, 0.05) is 0 Å². The van der Waals surface area contributed by atoms with Crippen LogP contribution < -0.4 is 0 Å². The van der Waals surface area contributed by atoms with E-state index in [-0.39, 0.29) is 0 Å². The zero-order chi connectivity index (χ0) is 6.97. The molecular formula is C4H2BrN5. The molecule has 50 valence electrons. The van der Waals surface area contributed by atoms with Crippen LogP contribution >= 0.6 is 15.9 Å². The highest BCUT2D eigenvalue weighted by molar-refractivity contribution is 9.10. The monoisotopic (exact) mass is 199 g/mol. The van der Waals surface area contributed by atoms with Crippen LogP contribution in [0.1, 0.15) is 0 Å². The zero-order valence-electron chi connectivity index (χ0n) is 4.74. The average Bonchev–Trinajstić information content (AvgIpc) is 2.33. The van der Waals surface area contributed by atoms with E-state index in [1.54, 1.807) is 6.20 Å². The van der Waals surface area contributed by atoms with Crippen LogP contribution in [0.3, 0.4) is 0 Å². The normalized spacial score (nSPS) is 10.5. The van der Waals surface area contributed by atoms with Gasteiger partial charge < -0.3 is 0 Å². The van der Waals surface area contributed by atoms with Gasteiger partial charge in [0.05, 0.1) is 6.20 Å². The predicted octanol–water partition coefficient (Wildman–Crippen LogP) is 0.510. The van der Waals surface area contributed by atoms with Crippen molar-refractivity contribution in [2.75, 3.05) is 0 Å². The van der Waals surface area contributed by atoms with Gasteiger partial charge in [-0.3, -0.25) is 0 Å². The highest BCUT2D eigenvalue weighted by atomic mass is 79.9. The molecule has 5 nitrogen and oxygen atoms in total. The molecule has 0 amide bonds. The van der Waals surface area contributed by atoms with Crippen LogP contribution in [-0.4, -0.2) is 25.4 Å². The van der Waals surface area contributed by atoms with Crippen molar-refractivity contribution in [3.63, 3.8) is 0 Å². The first-order valence-electron chi connectivity index (χ1n) is 2.55. The number of rotatable bonds is 0. The third-order valence-electron chi connectivity index (χ3n) is 1.02. The largest absolute Gasteiger partial charge is 0.229 e. The van der Waals surface area contributed by atoms with Gasteiger partial charge in [0.1, 0.15) is 4.60 Å². The lowest BCUT2D eigenvalue weighted by Crippen LogP contribution is -1.81. The summed E-state index contributed by atoms with van der Waals surface area (Å²) >= 11 is 3.16. The van der Waals surface area contributed by atoms with Crippen molar-refractivity contribution in [2.24, 2.45) is 0 Å². The molecule has 0 bridgehead atoms. The van der Waals surface area contributed by atoms with E-state index in [1.807, 2.05) is 0 Å². The summed E-state index contributed by atoms with van der Waals surface area (Å²) < 4.78 is 0.661. The number of aromatic nitrogens is 5. The van der Waals surface area contributed by atoms with Gasteiger partial charge in [0.25, 0.3) is 0 Å². The molecular weight excluding hydrogens is 198 g/mol. The standard InChI is InChI=1S/C4H2BrN5/c5-2-1-6-3-4(7-2)9-10-8-3/h1H,(H,6,7,8,9,10). The number of halogens is 1. The Hall–Kier alpha value is -1.04. The van der Waals surface area contributed by atoms with Crippen molar-refractivity contribution < 1.29 is 0 Å². The highest BCUT2D eigenvalue weighted by Gasteiger charge is 1.98. The average molecular weight is 200 g/mol. The molecule has 2 aromatic heterocycles. The van der Waals surface area contributed by atoms with Crippen LogP contribution in [0.25, 0.3) is 11.3 Å². The van der Waals surface area contributed by atoms with Crippen LogP contribution in [0.5, 0.6) is 0 Å². The third kappa shape index (κ3) is 0.766. The Morgan fingerprint density at radius 1 is 1.30 bits per heavy atom. The topological polar surface area (TPSA) is 67.3 Å². The van der Waals surface area contributed by atoms with Gasteiger partial charge >= 0.3 is 0 Å². The highest BCUT2D eigenvalue weighted by Crippen LogP contribution is 2.06. The summed E-state index contributed by atoms with van der Waals surface area (Å²) in [6.45, 7) is 0. The van der Waals surface area contributed by atoms with Crippen LogP contribution in [0.15, 0.2) is 10.8 Å². The minimum atomic E-state index is 0.523. The van der Waals surface area contributed by atoms with Gasteiger partial charge in [0.2, 0.25) is 11.3 Å². The fraction of sp³-hybridized carbons (Fsp3) is 0. The number of aromatic amines is 1. The van der Waals surface area contributed by atoms with E-state index < -0.39 is 0 Å². The molecule has 0 radical (unpaired) electrons. The Balaban J connectivity index is 2.86. The molecule has 2 rings (SSSR count). The van der Waals surface area contributed by atoms with Gasteiger partial charge in [-0.2, -0.15) is 5.21 Å². The molecule has 0 fully saturated rings. The second kappa shape index (κ2) is 1.98. The molecule has 0 saturated carbocycles. The van der Waals surface area contributed by atoms with E-state index in [0.29, 0.717) is 15.9 Å². The Morgan fingerprint density at radius 2 is 2.10 bits per heavy atom. The molecule has 6 heteroatoms. The smallest absolute Gasteiger partial charge is 0.221 e. The molecule has 0 aliphatic heterocycles. The fourth-order valence-corrected chi connectivity index (χ4v) is 0.896. The summed E-state index contributed by atoms with van der Waals surface area (Å²) in [4.78, 5) is 7.91. The molecule has 1 N–H and O–H groups in total. The van der Waals surface area contributed by atoms with E-state index in [4.69, 9.17) is 0 Å². The molecule has 10 heavy (non-hydrogen) atoms. The minimum absolute atomic E-state index is 0.523. The van der Waals surface area contributed by atoms with Gasteiger partial charge in [-0.25, -0.2) is 9.97 Å². The minimum Gasteiger partial charge on any atom is -0.229 e. The molecule has 2 heterocycles. The van der Waals surface area contributed by atoms with Gasteiger partial charge in [0.15, 0.2) is 0 Å². The molecule has 0 aromatic carbocycles. The summed E-state index contributed by atoms with van der Waals surface area (Å²) in [6, 6.07) is 0. The van der Waals surface area contributed by atoms with Gasteiger partial charge in [-0.1, -0.05) is 0 Å². The van der Waals surface area contributed by atoms with Crippen LogP contribution in [0, 0.1) is 0 Å². The number of H-pyrrole nitrogens is 1. The first-order valence-corrected chi connectivity index (χ1v) is 3.34. The molecule has 0 saturated heterocycles. The quantitative estimate of drug-likeness (QED) is 0.672. The van der Waals surface area contributed by atoms with Crippen LogP contribution in [0.4, 0.5) is 0 Å². The zero-order valence-corrected chi connectivity index (χ0v) is 6.33. The Morgan fingerprint density at radius 3 is 3.00 bits per heavy atom. The first kappa shape index (κ1) is 5.72. The van der Waals surface area contributed by atoms with Crippen LogP contribution in [-0.2, 0) is 0 Å². The Kier molecular flexibility index (Phi) is 1.13. The third-order valence-corrected chi connectivity index (χ3v) is 1.40. The second-order valence-electron chi connectivity index (χ2n) is 1.66. The lowest BCUT2D eigenvalue weighted by molar-refractivity contribution is 0.951. The van der Waals surface area contributed by atoms with E-state index in [0.717, 1.165) is 0 Å². The van der Waals surface area contributed by atoms with E-state index in [1.165, 1.54) is 0 Å². The number of nitrogens with one attached hydrogen (secondary N) is 1. The van der Waals surface area contributed by atoms with Crippen molar-refractivity contribution in [3.8, 4) is 0 Å². The molecule has 0 aliphatic rings. The van der Waals surface area contributed by atoms with Crippen molar-refractivity contribution in [1.82, 2.24) is 25.4 Å². The van der Waals surface area contributed by atoms with Crippen molar-refractivity contribution >= 4 is 27.2 Å². The molecule has 0 spiro atoms. The SMILES string of the molecule is Brc1cnc2n[nH]nc2n1. The molecule has 0 aliphatic carbocycles. The number of hydrogen-bond acceptors (Lipinski definition) is 4. The maximum atomic E-state index is 3.98. The van der Waals surface area contributed by atoms with E-state index >= 15 is 0 Å². The Bertz CT molecular complexity index is 355. The number of fused-ring (bicyclic) bond motifs is 1. The maximum absolute atomic E-state index is 3.98. The summed E-state index contributed by atoms with van der Waals surface area (Å²) in [5, 5.41) is 9.89. The van der Waals surface area contributed by atoms with Gasteiger partial charge in [-0.15, -0.1) is 10.2 Å². The first-order chi connectivity index (χ1) is 4.86. The number of nitrogens with zero attached hydrogens (tertiary/aromatic N) is 4. The summed E-state index contributed by atoms with van der Waals surface area (Å²) in [5.74, 6) is 0. The maximum Gasteiger partial charge on any atom is 0.221 e. The second-order valence-corrected chi connectivity index (χ2v) is 2.48. The van der Waals surface area contributed by atoms with Crippen molar-refractivity contribution in [2.45, 2.75) is 0 Å². The lowest BCUT2D eigenvalue weighted by Gasteiger charge is -1.83. The lowest BCUT2D eigenvalue weighted by atomic mass is 10.7. The number of hydrogen-bond donors (Lipinski definition) is 1. The Labute approximate surface area is 64.0 Å². The van der Waals surface area contributed by atoms with Crippen LogP contribution in [0.2, 0.25) is 0 Å². The van der Waals surface area contributed by atoms with Gasteiger partial charge in [-0.05, 0) is 15.9 Å². The molecule has 2 aromatic rings.